The molecular formula is C25H23N3O5. The maximum Gasteiger partial charge on any atom is 0.271 e. The molecule has 8 nitrogen and oxygen atoms in total. The van der Waals surface area contributed by atoms with Crippen LogP contribution in [0.2, 0.25) is 0 Å². The largest absolute Gasteiger partial charge is 0.497 e. The molecule has 3 aromatic rings. The van der Waals surface area contributed by atoms with Crippen LogP contribution in [0.1, 0.15) is 27.0 Å². The van der Waals surface area contributed by atoms with Gasteiger partial charge in [-0.2, -0.15) is 10.4 Å². The van der Waals surface area contributed by atoms with Crippen molar-refractivity contribution in [3.8, 4) is 29.1 Å². The van der Waals surface area contributed by atoms with Crippen molar-refractivity contribution < 1.29 is 23.7 Å². The van der Waals surface area contributed by atoms with E-state index in [4.69, 9.17) is 24.2 Å². The maximum atomic E-state index is 12.4. The highest BCUT2D eigenvalue weighted by Gasteiger charge is 2.10. The zero-order valence-electron chi connectivity index (χ0n) is 18.5. The third kappa shape index (κ3) is 6.24. The standard InChI is InChI=1S/C25H23N3O5/c1-30-21-11-20(12-22(13-21)31-2)25(29)28-27-15-19-8-9-23(24(10-19)32-3)33-16-18-6-4-17(14-26)5-7-18/h4-13,15H,16H2,1-3H3,(H,28,29)/b27-15-. The first kappa shape index (κ1) is 23.2. The first-order valence-corrected chi connectivity index (χ1v) is 9.92. The number of nitrogens with one attached hydrogen (secondary N) is 1. The zero-order valence-corrected chi connectivity index (χ0v) is 18.5. The smallest absolute Gasteiger partial charge is 0.271 e. The second-order valence-electron chi connectivity index (χ2n) is 6.81. The molecule has 33 heavy (non-hydrogen) atoms. The lowest BCUT2D eigenvalue weighted by molar-refractivity contribution is 0.0954. The fraction of sp³-hybridized carbons (Fsp3) is 0.160. The fourth-order valence-electron chi connectivity index (χ4n) is 2.89. The van der Waals surface area contributed by atoms with Gasteiger partial charge in [0.25, 0.3) is 5.91 Å². The Morgan fingerprint density at radius 3 is 2.24 bits per heavy atom. The van der Waals surface area contributed by atoms with E-state index >= 15 is 0 Å². The van der Waals surface area contributed by atoms with Crippen LogP contribution in [0.25, 0.3) is 0 Å². The average molecular weight is 445 g/mol. The van der Waals surface area contributed by atoms with Gasteiger partial charge in [-0.25, -0.2) is 5.43 Å². The summed E-state index contributed by atoms with van der Waals surface area (Å²) in [4.78, 5) is 12.4. The molecule has 0 aliphatic carbocycles. The van der Waals surface area contributed by atoms with E-state index in [2.05, 4.69) is 16.6 Å². The van der Waals surface area contributed by atoms with Crippen LogP contribution in [-0.2, 0) is 6.61 Å². The van der Waals surface area contributed by atoms with Gasteiger partial charge in [-0.15, -0.1) is 0 Å². The zero-order chi connectivity index (χ0) is 23.6. The molecule has 0 saturated carbocycles. The third-order valence-electron chi connectivity index (χ3n) is 4.66. The van der Waals surface area contributed by atoms with Gasteiger partial charge in [-0.05, 0) is 53.6 Å². The van der Waals surface area contributed by atoms with E-state index in [-0.39, 0.29) is 0 Å². The summed E-state index contributed by atoms with van der Waals surface area (Å²) in [6.45, 7) is 0.329. The van der Waals surface area contributed by atoms with Crippen LogP contribution in [-0.4, -0.2) is 33.5 Å². The van der Waals surface area contributed by atoms with Crippen molar-refractivity contribution in [2.45, 2.75) is 6.61 Å². The molecule has 0 aliphatic rings. The lowest BCUT2D eigenvalue weighted by atomic mass is 10.1. The van der Waals surface area contributed by atoms with Gasteiger partial charge in [0.15, 0.2) is 11.5 Å². The van der Waals surface area contributed by atoms with E-state index in [0.717, 1.165) is 5.56 Å². The quantitative estimate of drug-likeness (QED) is 0.396. The molecule has 0 atom stereocenters. The molecule has 3 rings (SSSR count). The molecule has 0 aliphatic heterocycles. The molecule has 3 aromatic carbocycles. The van der Waals surface area contributed by atoms with Crippen molar-refractivity contribution in [1.82, 2.24) is 5.43 Å². The number of carbonyl (C=O) groups excluding carboxylic acids is 1. The van der Waals surface area contributed by atoms with Gasteiger partial charge >= 0.3 is 0 Å². The molecule has 168 valence electrons. The number of ether oxygens (including phenoxy) is 4. The summed E-state index contributed by atoms with van der Waals surface area (Å²) in [6, 6.07) is 19.4. The summed E-state index contributed by atoms with van der Waals surface area (Å²) >= 11 is 0. The third-order valence-corrected chi connectivity index (χ3v) is 4.66. The fourth-order valence-corrected chi connectivity index (χ4v) is 2.89. The summed E-state index contributed by atoms with van der Waals surface area (Å²) in [5.74, 6) is 1.69. The monoisotopic (exact) mass is 445 g/mol. The van der Waals surface area contributed by atoms with E-state index in [1.54, 1.807) is 55.6 Å². The van der Waals surface area contributed by atoms with Crippen molar-refractivity contribution in [2.75, 3.05) is 21.3 Å². The SMILES string of the molecule is COc1cc(OC)cc(C(=O)N/N=C\c2ccc(OCc3ccc(C#N)cc3)c(OC)c2)c1. The molecule has 0 bridgehead atoms. The number of hydrogen-bond acceptors (Lipinski definition) is 7. The van der Waals surface area contributed by atoms with E-state index in [0.29, 0.717) is 46.3 Å². The molecule has 0 radical (unpaired) electrons. The topological polar surface area (TPSA) is 102 Å². The molecule has 0 spiro atoms. The van der Waals surface area contributed by atoms with Crippen LogP contribution in [0.4, 0.5) is 0 Å². The summed E-state index contributed by atoms with van der Waals surface area (Å²) in [5, 5.41) is 12.9. The number of methoxy groups -OCH3 is 3. The highest BCUT2D eigenvalue weighted by molar-refractivity contribution is 5.95. The molecule has 0 unspecified atom stereocenters. The molecule has 0 fully saturated rings. The summed E-state index contributed by atoms with van der Waals surface area (Å²) in [5.41, 5.74) is 5.07. The first-order valence-electron chi connectivity index (χ1n) is 9.92. The number of benzene rings is 3. The number of nitriles is 1. The Morgan fingerprint density at radius 1 is 0.939 bits per heavy atom. The Kier molecular flexibility index (Phi) is 7.86. The number of rotatable bonds is 9. The van der Waals surface area contributed by atoms with Crippen LogP contribution in [0.3, 0.4) is 0 Å². The lowest BCUT2D eigenvalue weighted by Crippen LogP contribution is -2.17. The molecule has 0 saturated heterocycles. The van der Waals surface area contributed by atoms with Crippen LogP contribution >= 0.6 is 0 Å². The number of carbonyl (C=O) groups is 1. The normalized spacial score (nSPS) is 10.4. The molecular weight excluding hydrogens is 422 g/mol. The second-order valence-corrected chi connectivity index (χ2v) is 6.81. The van der Waals surface area contributed by atoms with Crippen molar-refractivity contribution in [3.05, 3.63) is 82.9 Å². The molecule has 8 heteroatoms. The minimum absolute atomic E-state index is 0.329. The van der Waals surface area contributed by atoms with Crippen molar-refractivity contribution in [1.29, 1.82) is 5.26 Å². The van der Waals surface area contributed by atoms with E-state index < -0.39 is 5.91 Å². The Morgan fingerprint density at radius 2 is 1.64 bits per heavy atom. The maximum absolute atomic E-state index is 12.4. The van der Waals surface area contributed by atoms with Gasteiger partial charge in [-0.3, -0.25) is 4.79 Å². The molecule has 1 N–H and O–H groups in total. The summed E-state index contributed by atoms with van der Waals surface area (Å²) in [6.07, 6.45) is 1.50. The van der Waals surface area contributed by atoms with E-state index in [1.165, 1.54) is 20.4 Å². The van der Waals surface area contributed by atoms with Gasteiger partial charge in [0.2, 0.25) is 0 Å². The summed E-state index contributed by atoms with van der Waals surface area (Å²) < 4.78 is 21.6. The Balaban J connectivity index is 1.64. The van der Waals surface area contributed by atoms with Gasteiger partial charge < -0.3 is 18.9 Å². The summed E-state index contributed by atoms with van der Waals surface area (Å²) in [7, 11) is 4.57. The highest BCUT2D eigenvalue weighted by Crippen LogP contribution is 2.28. The highest BCUT2D eigenvalue weighted by atomic mass is 16.5. The van der Waals surface area contributed by atoms with Crippen molar-refractivity contribution in [3.63, 3.8) is 0 Å². The number of hydrazone groups is 1. The Labute approximate surface area is 192 Å². The van der Waals surface area contributed by atoms with Gasteiger partial charge in [-0.1, -0.05) is 12.1 Å². The van der Waals surface area contributed by atoms with Gasteiger partial charge in [0, 0.05) is 11.6 Å². The first-order chi connectivity index (χ1) is 16.1. The van der Waals surface area contributed by atoms with E-state index in [1.807, 2.05) is 12.1 Å². The van der Waals surface area contributed by atoms with Crippen LogP contribution in [0, 0.1) is 11.3 Å². The van der Waals surface area contributed by atoms with Crippen LogP contribution in [0.15, 0.2) is 65.8 Å². The number of hydrogen-bond donors (Lipinski definition) is 1. The Hall–Kier alpha value is -4.51. The van der Waals surface area contributed by atoms with Gasteiger partial charge in [0.05, 0.1) is 39.2 Å². The Bertz CT molecular complexity index is 1160. The van der Waals surface area contributed by atoms with Gasteiger partial charge in [0.1, 0.15) is 18.1 Å². The van der Waals surface area contributed by atoms with E-state index in [9.17, 15) is 4.79 Å². The molecule has 1 amide bonds. The predicted octanol–water partition coefficient (Wildman–Crippen LogP) is 3.93. The minimum atomic E-state index is -0.405. The van der Waals surface area contributed by atoms with Crippen LogP contribution in [0.5, 0.6) is 23.0 Å². The van der Waals surface area contributed by atoms with Crippen LogP contribution < -0.4 is 24.4 Å². The molecule has 0 heterocycles. The molecule has 0 aromatic heterocycles. The van der Waals surface area contributed by atoms with Crippen molar-refractivity contribution >= 4 is 12.1 Å². The predicted molar refractivity (Wildman–Crippen MR) is 123 cm³/mol. The van der Waals surface area contributed by atoms with Crippen molar-refractivity contribution in [2.24, 2.45) is 5.10 Å². The average Bonchev–Trinajstić information content (AvgIpc) is 2.87. The lowest BCUT2D eigenvalue weighted by Gasteiger charge is -2.11. The number of amides is 1. The second kappa shape index (κ2) is 11.2. The number of nitrogens with zero attached hydrogens (tertiary/aromatic N) is 2. The minimum Gasteiger partial charge on any atom is -0.497 e.